The van der Waals surface area contributed by atoms with E-state index in [2.05, 4.69) is 15.9 Å². The first-order valence-electron chi connectivity index (χ1n) is 10.1. The van der Waals surface area contributed by atoms with Crippen LogP contribution in [0.15, 0.2) is 24.3 Å². The van der Waals surface area contributed by atoms with Gasteiger partial charge in [-0.15, -0.1) is 0 Å². The molecule has 1 aromatic rings. The summed E-state index contributed by atoms with van der Waals surface area (Å²) < 4.78 is 37.8. The van der Waals surface area contributed by atoms with Crippen LogP contribution in [-0.4, -0.2) is 97.5 Å². The van der Waals surface area contributed by atoms with Crippen LogP contribution in [0.4, 0.5) is 0 Å². The maximum Gasteiger partial charge on any atom is 0.150 e. The van der Waals surface area contributed by atoms with Crippen molar-refractivity contribution in [3.63, 3.8) is 0 Å². The molecule has 0 saturated carbocycles. The summed E-state index contributed by atoms with van der Waals surface area (Å²) in [5.41, 5.74) is 0.625. The second kappa shape index (κ2) is 21.2. The molecule has 0 aliphatic carbocycles. The minimum Gasteiger partial charge on any atom is -0.491 e. The average molecular weight is 493 g/mol. The summed E-state index contributed by atoms with van der Waals surface area (Å²) in [4.78, 5) is 10.6. The highest BCUT2D eigenvalue weighted by molar-refractivity contribution is 9.09. The summed E-state index contributed by atoms with van der Waals surface area (Å²) in [7, 11) is 0. The second-order valence-electron chi connectivity index (χ2n) is 5.90. The van der Waals surface area contributed by atoms with Crippen molar-refractivity contribution < 1.29 is 38.0 Å². The summed E-state index contributed by atoms with van der Waals surface area (Å²) in [6.07, 6.45) is 0.800. The number of hydrogen-bond acceptors (Lipinski definition) is 8. The molecule has 30 heavy (non-hydrogen) atoms. The molecule has 0 N–H and O–H groups in total. The molecule has 0 heterocycles. The minimum atomic E-state index is 0.444. The van der Waals surface area contributed by atoms with Crippen LogP contribution < -0.4 is 4.74 Å². The van der Waals surface area contributed by atoms with Crippen molar-refractivity contribution in [3.8, 4) is 5.75 Å². The molecule has 8 nitrogen and oxygen atoms in total. The summed E-state index contributed by atoms with van der Waals surface area (Å²) in [6, 6.07) is 6.94. The molecule has 0 radical (unpaired) electrons. The summed E-state index contributed by atoms with van der Waals surface area (Å²) in [6.45, 7) is 6.99. The number of ether oxygens (including phenoxy) is 7. The number of carbonyl (C=O) groups excluding carboxylic acids is 1. The largest absolute Gasteiger partial charge is 0.491 e. The zero-order chi connectivity index (χ0) is 21.5. The number of alkyl halides is 1. The monoisotopic (exact) mass is 492 g/mol. The van der Waals surface area contributed by atoms with E-state index >= 15 is 0 Å². The predicted octanol–water partition coefficient (Wildman–Crippen LogP) is 2.37. The molecule has 0 spiro atoms. The van der Waals surface area contributed by atoms with Crippen LogP contribution >= 0.6 is 15.9 Å². The molecule has 0 amide bonds. The van der Waals surface area contributed by atoms with E-state index in [1.165, 1.54) is 0 Å². The first-order chi connectivity index (χ1) is 14.9. The molecular formula is C21H33BrO8. The molecule has 0 saturated heterocycles. The van der Waals surface area contributed by atoms with Crippen LogP contribution in [0.5, 0.6) is 5.75 Å². The molecule has 0 atom stereocenters. The van der Waals surface area contributed by atoms with Crippen molar-refractivity contribution in [2.45, 2.75) is 0 Å². The number of carbonyl (C=O) groups is 1. The molecule has 0 unspecified atom stereocenters. The number of rotatable bonds is 22. The number of benzene rings is 1. The van der Waals surface area contributed by atoms with E-state index in [-0.39, 0.29) is 0 Å². The maximum absolute atomic E-state index is 10.6. The number of aldehydes is 1. The van der Waals surface area contributed by atoms with Crippen molar-refractivity contribution in [2.24, 2.45) is 0 Å². The fourth-order valence-corrected chi connectivity index (χ4v) is 2.35. The molecule has 0 fully saturated rings. The molecule has 0 aromatic heterocycles. The van der Waals surface area contributed by atoms with Crippen molar-refractivity contribution in [2.75, 3.05) is 91.2 Å². The lowest BCUT2D eigenvalue weighted by molar-refractivity contribution is -0.0172. The summed E-state index contributed by atoms with van der Waals surface area (Å²) in [5, 5.41) is 0.839. The predicted molar refractivity (Wildman–Crippen MR) is 116 cm³/mol. The zero-order valence-electron chi connectivity index (χ0n) is 17.4. The molecule has 1 aromatic carbocycles. The lowest BCUT2D eigenvalue weighted by atomic mass is 10.2. The van der Waals surface area contributed by atoms with Gasteiger partial charge in [0.05, 0.1) is 79.3 Å². The number of halogens is 1. The third kappa shape index (κ3) is 16.7. The highest BCUT2D eigenvalue weighted by Crippen LogP contribution is 2.10. The molecular weight excluding hydrogens is 460 g/mol. The van der Waals surface area contributed by atoms with Gasteiger partial charge in [-0.2, -0.15) is 0 Å². The third-order valence-corrected chi connectivity index (χ3v) is 3.92. The van der Waals surface area contributed by atoms with Crippen LogP contribution in [0.25, 0.3) is 0 Å². The van der Waals surface area contributed by atoms with Crippen LogP contribution in [0, 0.1) is 0 Å². The van der Waals surface area contributed by atoms with Gasteiger partial charge in [-0.1, -0.05) is 15.9 Å². The Kier molecular flexibility index (Phi) is 19.0. The van der Waals surface area contributed by atoms with Crippen LogP contribution in [-0.2, 0) is 28.4 Å². The Labute approximate surface area is 187 Å². The third-order valence-electron chi connectivity index (χ3n) is 3.59. The summed E-state index contributed by atoms with van der Waals surface area (Å²) in [5.74, 6) is 0.713. The van der Waals surface area contributed by atoms with Gasteiger partial charge in [0.2, 0.25) is 0 Å². The zero-order valence-corrected chi connectivity index (χ0v) is 19.0. The van der Waals surface area contributed by atoms with Gasteiger partial charge in [0.25, 0.3) is 0 Å². The van der Waals surface area contributed by atoms with Crippen molar-refractivity contribution in [3.05, 3.63) is 29.8 Å². The highest BCUT2D eigenvalue weighted by Gasteiger charge is 1.96. The van der Waals surface area contributed by atoms with Gasteiger partial charge in [-0.05, 0) is 24.3 Å². The van der Waals surface area contributed by atoms with Gasteiger partial charge in [0, 0.05) is 10.9 Å². The van der Waals surface area contributed by atoms with Crippen LogP contribution in [0.2, 0.25) is 0 Å². The Morgan fingerprint density at radius 2 is 0.933 bits per heavy atom. The Bertz CT molecular complexity index is 500. The Hall–Kier alpha value is -1.07. The minimum absolute atomic E-state index is 0.444. The van der Waals surface area contributed by atoms with E-state index in [0.717, 1.165) is 11.6 Å². The Morgan fingerprint density at radius 3 is 1.30 bits per heavy atom. The smallest absolute Gasteiger partial charge is 0.150 e. The molecule has 9 heteroatoms. The van der Waals surface area contributed by atoms with Crippen LogP contribution in [0.3, 0.4) is 0 Å². The van der Waals surface area contributed by atoms with Gasteiger partial charge in [-0.25, -0.2) is 0 Å². The maximum atomic E-state index is 10.6. The van der Waals surface area contributed by atoms with Gasteiger partial charge < -0.3 is 33.2 Å². The normalized spacial score (nSPS) is 11.0. The van der Waals surface area contributed by atoms with Gasteiger partial charge in [-0.3, -0.25) is 4.79 Å². The van der Waals surface area contributed by atoms with E-state index < -0.39 is 0 Å². The quantitative estimate of drug-likeness (QED) is 0.138. The topological polar surface area (TPSA) is 81.7 Å². The molecule has 0 aliphatic heterocycles. The standard InChI is InChI=1S/C21H33BrO8/c22-5-6-24-7-8-25-9-10-26-11-12-27-13-14-28-15-16-29-17-18-30-21-3-1-20(19-23)2-4-21/h1-4,19H,5-18H2. The molecule has 0 aliphatic rings. The highest BCUT2D eigenvalue weighted by atomic mass is 79.9. The van der Waals surface area contributed by atoms with Crippen molar-refractivity contribution in [1.29, 1.82) is 0 Å². The molecule has 1 rings (SSSR count). The lowest BCUT2D eigenvalue weighted by Gasteiger charge is -2.09. The first kappa shape index (κ1) is 27.0. The Morgan fingerprint density at radius 1 is 0.567 bits per heavy atom. The van der Waals surface area contributed by atoms with Gasteiger partial charge in [0.15, 0.2) is 0 Å². The van der Waals surface area contributed by atoms with E-state index in [0.29, 0.717) is 97.2 Å². The van der Waals surface area contributed by atoms with E-state index in [1.54, 1.807) is 24.3 Å². The first-order valence-corrected chi connectivity index (χ1v) is 11.2. The van der Waals surface area contributed by atoms with E-state index in [1.807, 2.05) is 0 Å². The van der Waals surface area contributed by atoms with Crippen LogP contribution in [0.1, 0.15) is 10.4 Å². The number of hydrogen-bond donors (Lipinski definition) is 0. The van der Waals surface area contributed by atoms with Gasteiger partial charge >= 0.3 is 0 Å². The lowest BCUT2D eigenvalue weighted by Crippen LogP contribution is -2.14. The van der Waals surface area contributed by atoms with Crippen molar-refractivity contribution >= 4 is 22.2 Å². The average Bonchev–Trinajstić information content (AvgIpc) is 2.78. The van der Waals surface area contributed by atoms with Gasteiger partial charge in [0.1, 0.15) is 18.6 Å². The SMILES string of the molecule is O=Cc1ccc(OCCOCCOCCOCCOCCOCCOCCBr)cc1. The summed E-state index contributed by atoms with van der Waals surface area (Å²) >= 11 is 3.29. The Balaban J connectivity index is 1.72. The fourth-order valence-electron chi connectivity index (χ4n) is 2.12. The van der Waals surface area contributed by atoms with Crippen molar-refractivity contribution in [1.82, 2.24) is 0 Å². The molecule has 172 valence electrons. The van der Waals surface area contributed by atoms with E-state index in [9.17, 15) is 4.79 Å². The van der Waals surface area contributed by atoms with E-state index in [4.69, 9.17) is 33.2 Å². The molecule has 0 bridgehead atoms. The second-order valence-corrected chi connectivity index (χ2v) is 6.69. The fraction of sp³-hybridized carbons (Fsp3) is 0.667.